The molecule has 0 aliphatic carbocycles. The Balaban J connectivity index is 1.65. The number of carbonyl (C=O) groups excluding carboxylic acids is 2. The zero-order chi connectivity index (χ0) is 21.3. The molecular weight excluding hydrogens is 450 g/mol. The van der Waals surface area contributed by atoms with E-state index in [9.17, 15) is 9.59 Å². The fourth-order valence-electron chi connectivity index (χ4n) is 3.08. The van der Waals surface area contributed by atoms with Crippen molar-refractivity contribution < 1.29 is 23.8 Å². The molecule has 0 saturated carbocycles. The second kappa shape index (κ2) is 8.12. The predicted molar refractivity (Wildman–Crippen MR) is 114 cm³/mol. The smallest absolute Gasteiger partial charge is 0.345 e. The molecule has 0 saturated heterocycles. The van der Waals surface area contributed by atoms with Crippen molar-refractivity contribution in [3.63, 3.8) is 0 Å². The van der Waals surface area contributed by atoms with Gasteiger partial charge in [-0.25, -0.2) is 4.79 Å². The molecule has 4 rings (SSSR count). The van der Waals surface area contributed by atoms with Crippen LogP contribution in [-0.2, 0) is 0 Å². The summed E-state index contributed by atoms with van der Waals surface area (Å²) in [6.45, 7) is 1.74. The minimum atomic E-state index is -0.537. The molecule has 0 N–H and O–H groups in total. The van der Waals surface area contributed by atoms with Gasteiger partial charge in [0.25, 0.3) is 0 Å². The van der Waals surface area contributed by atoms with Gasteiger partial charge in [0, 0.05) is 28.0 Å². The Labute approximate surface area is 181 Å². The summed E-state index contributed by atoms with van der Waals surface area (Å²) >= 11 is 3.42. The second-order valence-electron chi connectivity index (χ2n) is 6.52. The Morgan fingerprint density at radius 2 is 1.97 bits per heavy atom. The zero-order valence-electron chi connectivity index (χ0n) is 16.1. The van der Waals surface area contributed by atoms with E-state index in [2.05, 4.69) is 20.9 Å². The first kappa shape index (κ1) is 19.8. The van der Waals surface area contributed by atoms with Crippen molar-refractivity contribution in [1.82, 2.24) is 4.98 Å². The number of ether oxygens (including phenoxy) is 3. The van der Waals surface area contributed by atoms with Crippen LogP contribution in [0.5, 0.6) is 17.2 Å². The van der Waals surface area contributed by atoms with E-state index in [4.69, 9.17) is 14.2 Å². The molecule has 2 heterocycles. The summed E-state index contributed by atoms with van der Waals surface area (Å²) in [4.78, 5) is 29.1. The molecule has 0 radical (unpaired) electrons. The Bertz CT molecular complexity index is 1190. The van der Waals surface area contributed by atoms with Gasteiger partial charge in [-0.3, -0.25) is 9.78 Å². The van der Waals surface area contributed by atoms with Crippen LogP contribution < -0.4 is 14.2 Å². The molecule has 150 valence electrons. The Morgan fingerprint density at radius 1 is 1.17 bits per heavy atom. The van der Waals surface area contributed by atoms with E-state index in [0.717, 1.165) is 4.47 Å². The number of aromatic nitrogens is 1. The quantitative estimate of drug-likeness (QED) is 0.306. The van der Waals surface area contributed by atoms with Gasteiger partial charge in [-0.15, -0.1) is 0 Å². The highest BCUT2D eigenvalue weighted by molar-refractivity contribution is 9.10. The third-order valence-corrected chi connectivity index (χ3v) is 5.11. The zero-order valence-corrected chi connectivity index (χ0v) is 17.7. The number of hydrogen-bond donors (Lipinski definition) is 0. The van der Waals surface area contributed by atoms with Gasteiger partial charge in [0.05, 0.1) is 18.2 Å². The molecule has 0 amide bonds. The molecule has 0 atom stereocenters. The minimum Gasteiger partial charge on any atom is -0.496 e. The number of nitrogens with zero attached hydrogens (tertiary/aromatic N) is 1. The maximum absolute atomic E-state index is 12.8. The number of halogens is 1. The normalized spacial score (nSPS) is 13.7. The summed E-state index contributed by atoms with van der Waals surface area (Å²) in [5.41, 5.74) is 2.00. The van der Waals surface area contributed by atoms with Gasteiger partial charge < -0.3 is 14.2 Å². The lowest BCUT2D eigenvalue weighted by molar-refractivity contribution is 0.0732. The van der Waals surface area contributed by atoms with Gasteiger partial charge in [-0.1, -0.05) is 15.9 Å². The predicted octanol–water partition coefficient (Wildman–Crippen LogP) is 5.00. The van der Waals surface area contributed by atoms with Crippen molar-refractivity contribution in [2.24, 2.45) is 0 Å². The van der Waals surface area contributed by atoms with E-state index in [1.54, 1.807) is 56.6 Å². The number of methoxy groups -OCH3 is 1. The standard InChI is InChI=1S/C23H16BrNO5/c1-13-18(30-23(27)14-4-3-9-25-12-14)8-6-17-21(26)20(29-22(13)17)11-15-10-16(24)5-7-19(15)28-2/h3-12H,1-2H3/b20-11-. The number of rotatable bonds is 4. The molecule has 1 aromatic heterocycles. The molecule has 0 unspecified atom stereocenters. The topological polar surface area (TPSA) is 74.7 Å². The lowest BCUT2D eigenvalue weighted by atomic mass is 10.1. The first-order valence-corrected chi connectivity index (χ1v) is 9.81. The van der Waals surface area contributed by atoms with E-state index in [1.807, 2.05) is 12.1 Å². The fourth-order valence-corrected chi connectivity index (χ4v) is 3.46. The molecule has 1 aliphatic rings. The Morgan fingerprint density at radius 3 is 2.70 bits per heavy atom. The average Bonchev–Trinajstić information content (AvgIpc) is 3.07. The van der Waals surface area contributed by atoms with Gasteiger partial charge in [0.2, 0.25) is 5.78 Å². The third-order valence-electron chi connectivity index (χ3n) is 4.61. The number of fused-ring (bicyclic) bond motifs is 1. The number of esters is 1. The molecule has 7 heteroatoms. The van der Waals surface area contributed by atoms with Crippen molar-refractivity contribution >= 4 is 33.8 Å². The van der Waals surface area contributed by atoms with E-state index in [1.165, 1.54) is 6.20 Å². The molecule has 0 bridgehead atoms. The lowest BCUT2D eigenvalue weighted by Gasteiger charge is -2.10. The summed E-state index contributed by atoms with van der Waals surface area (Å²) in [6.07, 6.45) is 4.63. The van der Waals surface area contributed by atoms with Crippen molar-refractivity contribution in [2.45, 2.75) is 6.92 Å². The minimum absolute atomic E-state index is 0.167. The number of pyridine rings is 1. The highest BCUT2D eigenvalue weighted by Crippen LogP contribution is 2.40. The number of Topliss-reactive ketones (excluding diaryl/α,β-unsaturated/α-hetero) is 1. The molecule has 0 spiro atoms. The van der Waals surface area contributed by atoms with Gasteiger partial charge >= 0.3 is 5.97 Å². The SMILES string of the molecule is COc1ccc(Br)cc1/C=C1\Oc2c(ccc(OC(=O)c3cccnc3)c2C)C1=O. The molecule has 0 fully saturated rings. The summed E-state index contributed by atoms with van der Waals surface area (Å²) in [6, 6.07) is 11.9. The number of carbonyl (C=O) groups is 2. The summed E-state index contributed by atoms with van der Waals surface area (Å²) < 4.78 is 17.5. The first-order valence-electron chi connectivity index (χ1n) is 9.01. The average molecular weight is 466 g/mol. The fraction of sp³-hybridized carbons (Fsp3) is 0.0870. The lowest BCUT2D eigenvalue weighted by Crippen LogP contribution is -2.09. The van der Waals surface area contributed by atoms with E-state index >= 15 is 0 Å². The van der Waals surface area contributed by atoms with Crippen molar-refractivity contribution in [2.75, 3.05) is 7.11 Å². The number of allylic oxidation sites excluding steroid dienone is 1. The van der Waals surface area contributed by atoms with Crippen molar-refractivity contribution in [3.8, 4) is 17.2 Å². The Kier molecular flexibility index (Phi) is 5.37. The van der Waals surface area contributed by atoms with Crippen LogP contribution in [0.1, 0.15) is 31.8 Å². The molecular formula is C23H16BrNO5. The molecule has 1 aliphatic heterocycles. The Hall–Kier alpha value is -3.45. The van der Waals surface area contributed by atoms with Crippen LogP contribution in [0.4, 0.5) is 0 Å². The summed E-state index contributed by atoms with van der Waals surface area (Å²) in [7, 11) is 1.56. The maximum Gasteiger partial charge on any atom is 0.345 e. The van der Waals surface area contributed by atoms with Crippen LogP contribution in [0.15, 0.2) is 65.1 Å². The third kappa shape index (κ3) is 3.71. The van der Waals surface area contributed by atoms with Gasteiger partial charge in [-0.05, 0) is 55.5 Å². The first-order chi connectivity index (χ1) is 14.5. The van der Waals surface area contributed by atoms with Crippen molar-refractivity contribution in [3.05, 3.63) is 87.3 Å². The van der Waals surface area contributed by atoms with Gasteiger partial charge in [0.1, 0.15) is 17.2 Å². The highest BCUT2D eigenvalue weighted by atomic mass is 79.9. The van der Waals surface area contributed by atoms with Crippen LogP contribution in [0.25, 0.3) is 6.08 Å². The number of benzene rings is 2. The highest BCUT2D eigenvalue weighted by Gasteiger charge is 2.31. The van der Waals surface area contributed by atoms with Crippen LogP contribution in [0.2, 0.25) is 0 Å². The second-order valence-corrected chi connectivity index (χ2v) is 7.44. The van der Waals surface area contributed by atoms with Crippen LogP contribution in [0, 0.1) is 6.92 Å². The largest absolute Gasteiger partial charge is 0.496 e. The number of ketones is 1. The van der Waals surface area contributed by atoms with E-state index < -0.39 is 5.97 Å². The monoisotopic (exact) mass is 465 g/mol. The van der Waals surface area contributed by atoms with E-state index in [0.29, 0.717) is 39.5 Å². The van der Waals surface area contributed by atoms with E-state index in [-0.39, 0.29) is 11.5 Å². The van der Waals surface area contributed by atoms with Gasteiger partial charge in [-0.2, -0.15) is 0 Å². The molecule has 3 aromatic rings. The van der Waals surface area contributed by atoms with Gasteiger partial charge in [0.15, 0.2) is 5.76 Å². The summed E-state index contributed by atoms with van der Waals surface area (Å²) in [5, 5.41) is 0. The summed E-state index contributed by atoms with van der Waals surface area (Å²) in [5.74, 6) is 0.680. The van der Waals surface area contributed by atoms with Crippen LogP contribution in [-0.4, -0.2) is 23.8 Å². The number of hydrogen-bond acceptors (Lipinski definition) is 6. The van der Waals surface area contributed by atoms with Crippen molar-refractivity contribution in [1.29, 1.82) is 0 Å². The van der Waals surface area contributed by atoms with Crippen LogP contribution >= 0.6 is 15.9 Å². The molecule has 2 aromatic carbocycles. The molecule has 6 nitrogen and oxygen atoms in total. The maximum atomic E-state index is 12.8. The molecule has 30 heavy (non-hydrogen) atoms. The van der Waals surface area contributed by atoms with Crippen LogP contribution in [0.3, 0.4) is 0 Å².